The second-order valence-electron chi connectivity index (χ2n) is 6.26. The fraction of sp³-hybridized carbons (Fsp3) is 0.588. The Kier molecular flexibility index (Phi) is 7.30. The summed E-state index contributed by atoms with van der Waals surface area (Å²) >= 11 is 0. The number of piperidine rings is 1. The Bertz CT molecular complexity index is 495. The Morgan fingerprint density at radius 1 is 1.45 bits per heavy atom. The fourth-order valence-electron chi connectivity index (χ4n) is 2.99. The smallest absolute Gasteiger partial charge is 0.223 e. The van der Waals surface area contributed by atoms with Crippen molar-refractivity contribution in [3.8, 4) is 0 Å². The number of carbonyl (C=O) groups is 1. The molecular weight excluding hydrogens is 303 g/mol. The number of hydrogen-bond acceptors (Lipinski definition) is 2. The van der Waals surface area contributed by atoms with Gasteiger partial charge in [0.2, 0.25) is 5.91 Å². The highest BCUT2D eigenvalue weighted by atomic mass is 35.5. The lowest BCUT2D eigenvalue weighted by atomic mass is 9.91. The predicted octanol–water partition coefficient (Wildman–Crippen LogP) is 3.33. The van der Waals surface area contributed by atoms with Crippen LogP contribution in [0.5, 0.6) is 0 Å². The van der Waals surface area contributed by atoms with Crippen LogP contribution in [-0.2, 0) is 4.79 Å². The van der Waals surface area contributed by atoms with Crippen LogP contribution >= 0.6 is 12.4 Å². The number of carbonyl (C=O) groups excluding carboxylic acids is 1. The maximum Gasteiger partial charge on any atom is 0.223 e. The summed E-state index contributed by atoms with van der Waals surface area (Å²) in [7, 11) is 0. The van der Waals surface area contributed by atoms with Crippen molar-refractivity contribution in [2.45, 2.75) is 45.1 Å². The van der Waals surface area contributed by atoms with Gasteiger partial charge in [-0.2, -0.15) is 0 Å². The molecule has 2 rings (SSSR count). The van der Waals surface area contributed by atoms with E-state index in [1.54, 1.807) is 6.07 Å². The van der Waals surface area contributed by atoms with Gasteiger partial charge in [-0.05, 0) is 49.3 Å². The van der Waals surface area contributed by atoms with Gasteiger partial charge in [-0.25, -0.2) is 4.39 Å². The summed E-state index contributed by atoms with van der Waals surface area (Å²) < 4.78 is 13.3. The number of nitrogens with two attached hydrogens (primary N) is 1. The van der Waals surface area contributed by atoms with E-state index in [4.69, 9.17) is 5.73 Å². The molecular formula is C17H26ClFN2O. The van der Waals surface area contributed by atoms with E-state index < -0.39 is 0 Å². The third-order valence-corrected chi connectivity index (χ3v) is 4.45. The van der Waals surface area contributed by atoms with Crippen molar-refractivity contribution < 1.29 is 9.18 Å². The standard InChI is InChI=1S/C17H25FN2O.ClH/c1-12(14-5-3-7-16(18)10-14)9-17(21)20-8-4-6-15(11-20)13(2)19;/h3,5,7,10,12-13,15H,4,6,8-9,11,19H2,1-2H3;1H. The maximum atomic E-state index is 13.3. The second-order valence-corrected chi connectivity index (χ2v) is 6.26. The van der Waals surface area contributed by atoms with Gasteiger partial charge in [0.05, 0.1) is 0 Å². The minimum atomic E-state index is -0.248. The molecule has 1 aromatic carbocycles. The fourth-order valence-corrected chi connectivity index (χ4v) is 2.99. The molecule has 124 valence electrons. The Hall–Kier alpha value is -1.13. The molecule has 5 heteroatoms. The highest BCUT2D eigenvalue weighted by molar-refractivity contribution is 5.85. The molecule has 0 aliphatic carbocycles. The zero-order chi connectivity index (χ0) is 15.4. The molecule has 0 aromatic heterocycles. The van der Waals surface area contributed by atoms with Crippen LogP contribution in [0.2, 0.25) is 0 Å². The lowest BCUT2D eigenvalue weighted by Crippen LogP contribution is -2.45. The number of rotatable bonds is 4. The van der Waals surface area contributed by atoms with Gasteiger partial charge in [-0.1, -0.05) is 19.1 Å². The minimum absolute atomic E-state index is 0. The molecule has 0 bridgehead atoms. The molecule has 1 saturated heterocycles. The number of nitrogens with zero attached hydrogens (tertiary/aromatic N) is 1. The number of halogens is 2. The van der Waals surface area contributed by atoms with Crippen LogP contribution in [-0.4, -0.2) is 29.9 Å². The summed E-state index contributed by atoms with van der Waals surface area (Å²) in [4.78, 5) is 14.4. The van der Waals surface area contributed by atoms with Gasteiger partial charge in [-0.15, -0.1) is 12.4 Å². The monoisotopic (exact) mass is 328 g/mol. The van der Waals surface area contributed by atoms with Gasteiger partial charge in [0.1, 0.15) is 5.82 Å². The van der Waals surface area contributed by atoms with E-state index in [0.717, 1.165) is 31.5 Å². The van der Waals surface area contributed by atoms with Crippen LogP contribution < -0.4 is 5.73 Å². The molecule has 1 heterocycles. The molecule has 1 fully saturated rings. The molecule has 3 nitrogen and oxygen atoms in total. The van der Waals surface area contributed by atoms with Gasteiger partial charge >= 0.3 is 0 Å². The first kappa shape index (κ1) is 18.9. The van der Waals surface area contributed by atoms with Crippen molar-refractivity contribution in [3.63, 3.8) is 0 Å². The highest BCUT2D eigenvalue weighted by Crippen LogP contribution is 2.24. The Morgan fingerprint density at radius 3 is 2.82 bits per heavy atom. The van der Waals surface area contributed by atoms with Crippen LogP contribution in [0, 0.1) is 11.7 Å². The van der Waals surface area contributed by atoms with Crippen molar-refractivity contribution >= 4 is 18.3 Å². The summed E-state index contributed by atoms with van der Waals surface area (Å²) in [5.74, 6) is 0.329. The zero-order valence-electron chi connectivity index (χ0n) is 13.3. The molecule has 0 spiro atoms. The number of hydrogen-bond donors (Lipinski definition) is 1. The first-order chi connectivity index (χ1) is 9.97. The summed E-state index contributed by atoms with van der Waals surface area (Å²) in [6.07, 6.45) is 2.54. The predicted molar refractivity (Wildman–Crippen MR) is 89.6 cm³/mol. The van der Waals surface area contributed by atoms with Gasteiger partial charge in [-0.3, -0.25) is 4.79 Å². The van der Waals surface area contributed by atoms with Crippen LogP contribution in [0.1, 0.15) is 44.6 Å². The van der Waals surface area contributed by atoms with Crippen LogP contribution in [0.25, 0.3) is 0 Å². The zero-order valence-corrected chi connectivity index (χ0v) is 14.1. The SMILES string of the molecule is CC(CC(=O)N1CCCC(C(C)N)C1)c1cccc(F)c1.Cl. The van der Waals surface area contributed by atoms with Crippen molar-refractivity contribution in [2.24, 2.45) is 11.7 Å². The molecule has 3 atom stereocenters. The van der Waals surface area contributed by atoms with E-state index in [0.29, 0.717) is 12.3 Å². The van der Waals surface area contributed by atoms with Crippen LogP contribution in [0.4, 0.5) is 4.39 Å². The van der Waals surface area contributed by atoms with Gasteiger partial charge in [0, 0.05) is 25.6 Å². The topological polar surface area (TPSA) is 46.3 Å². The average molecular weight is 329 g/mol. The molecule has 1 aliphatic heterocycles. The normalized spacial score (nSPS) is 20.9. The molecule has 1 aromatic rings. The lowest BCUT2D eigenvalue weighted by molar-refractivity contribution is -0.133. The summed E-state index contributed by atoms with van der Waals surface area (Å²) in [5, 5.41) is 0. The number of benzene rings is 1. The summed E-state index contributed by atoms with van der Waals surface area (Å²) in [6.45, 7) is 5.55. The first-order valence-corrected chi connectivity index (χ1v) is 7.76. The van der Waals surface area contributed by atoms with Crippen molar-refractivity contribution in [1.29, 1.82) is 0 Å². The van der Waals surface area contributed by atoms with Crippen LogP contribution in [0.15, 0.2) is 24.3 Å². The van der Waals surface area contributed by atoms with Crippen molar-refractivity contribution in [3.05, 3.63) is 35.6 Å². The van der Waals surface area contributed by atoms with E-state index in [2.05, 4.69) is 0 Å². The molecule has 22 heavy (non-hydrogen) atoms. The number of likely N-dealkylation sites (tertiary alicyclic amines) is 1. The van der Waals surface area contributed by atoms with E-state index in [-0.39, 0.29) is 36.1 Å². The molecule has 0 saturated carbocycles. The van der Waals surface area contributed by atoms with Gasteiger partial charge in [0.15, 0.2) is 0 Å². The lowest BCUT2D eigenvalue weighted by Gasteiger charge is -2.35. The highest BCUT2D eigenvalue weighted by Gasteiger charge is 2.26. The third-order valence-electron chi connectivity index (χ3n) is 4.45. The minimum Gasteiger partial charge on any atom is -0.342 e. The molecule has 1 amide bonds. The average Bonchev–Trinajstić information content (AvgIpc) is 2.47. The van der Waals surface area contributed by atoms with E-state index in [1.165, 1.54) is 12.1 Å². The Labute approximate surface area is 138 Å². The van der Waals surface area contributed by atoms with E-state index in [9.17, 15) is 9.18 Å². The van der Waals surface area contributed by atoms with Gasteiger partial charge < -0.3 is 10.6 Å². The summed E-state index contributed by atoms with van der Waals surface area (Å²) in [6, 6.07) is 6.64. The Morgan fingerprint density at radius 2 is 2.18 bits per heavy atom. The molecule has 2 N–H and O–H groups in total. The molecule has 3 unspecified atom stereocenters. The largest absolute Gasteiger partial charge is 0.342 e. The first-order valence-electron chi connectivity index (χ1n) is 7.76. The molecule has 1 aliphatic rings. The van der Waals surface area contributed by atoms with Crippen molar-refractivity contribution in [2.75, 3.05) is 13.1 Å². The van der Waals surface area contributed by atoms with E-state index in [1.807, 2.05) is 24.8 Å². The van der Waals surface area contributed by atoms with Gasteiger partial charge in [0.25, 0.3) is 0 Å². The third kappa shape index (κ3) is 4.96. The van der Waals surface area contributed by atoms with Crippen molar-refractivity contribution in [1.82, 2.24) is 4.90 Å². The van der Waals surface area contributed by atoms with E-state index >= 15 is 0 Å². The number of amides is 1. The Balaban J connectivity index is 0.00000242. The second kappa shape index (κ2) is 8.49. The quantitative estimate of drug-likeness (QED) is 0.921. The van der Waals surface area contributed by atoms with Crippen LogP contribution in [0.3, 0.4) is 0 Å². The molecule has 0 radical (unpaired) electrons. The summed E-state index contributed by atoms with van der Waals surface area (Å²) in [5.41, 5.74) is 6.84. The maximum absolute atomic E-state index is 13.3.